The standard InChI is InChI=1S/C15H22O3/c1-4-14(16)11(2)15(17)12(3)18-10-13-8-6-5-7-9-13/h5-9,11-12,14,16H,4,10H2,1-3H3/t11-,12-,14+/m0/s1. The number of rotatable bonds is 7. The van der Waals surface area contributed by atoms with Crippen LogP contribution >= 0.6 is 0 Å². The summed E-state index contributed by atoms with van der Waals surface area (Å²) in [4.78, 5) is 12.0. The molecule has 3 nitrogen and oxygen atoms in total. The van der Waals surface area contributed by atoms with Gasteiger partial charge >= 0.3 is 0 Å². The molecule has 0 aliphatic carbocycles. The summed E-state index contributed by atoms with van der Waals surface area (Å²) in [6.07, 6.45) is -0.486. The van der Waals surface area contributed by atoms with Crippen molar-refractivity contribution in [3.63, 3.8) is 0 Å². The predicted molar refractivity (Wildman–Crippen MR) is 71.2 cm³/mol. The molecule has 0 aliphatic rings. The van der Waals surface area contributed by atoms with Gasteiger partial charge in [-0.25, -0.2) is 0 Å². The van der Waals surface area contributed by atoms with E-state index < -0.39 is 12.2 Å². The highest BCUT2D eigenvalue weighted by Gasteiger charge is 2.25. The molecule has 100 valence electrons. The molecule has 0 heterocycles. The summed E-state index contributed by atoms with van der Waals surface area (Å²) in [5.74, 6) is -0.416. The van der Waals surface area contributed by atoms with E-state index in [2.05, 4.69) is 0 Å². The molecule has 0 spiro atoms. The monoisotopic (exact) mass is 250 g/mol. The summed E-state index contributed by atoms with van der Waals surface area (Å²) in [6.45, 7) is 5.77. The molecular formula is C15H22O3. The van der Waals surface area contributed by atoms with Crippen molar-refractivity contribution in [3.8, 4) is 0 Å². The number of carbonyl (C=O) groups excluding carboxylic acids is 1. The Morgan fingerprint density at radius 1 is 1.28 bits per heavy atom. The molecule has 0 aromatic heterocycles. The van der Waals surface area contributed by atoms with E-state index in [1.54, 1.807) is 13.8 Å². The quantitative estimate of drug-likeness (QED) is 0.809. The van der Waals surface area contributed by atoms with Gasteiger partial charge in [-0.1, -0.05) is 44.2 Å². The first-order chi connectivity index (χ1) is 8.56. The zero-order valence-electron chi connectivity index (χ0n) is 11.3. The molecule has 0 radical (unpaired) electrons. The summed E-state index contributed by atoms with van der Waals surface area (Å²) in [7, 11) is 0. The van der Waals surface area contributed by atoms with Gasteiger partial charge in [-0.05, 0) is 18.9 Å². The normalized spacial score (nSPS) is 16.0. The fourth-order valence-corrected chi connectivity index (χ4v) is 1.79. The molecule has 3 heteroatoms. The molecule has 3 atom stereocenters. The Bertz CT molecular complexity index is 361. The van der Waals surface area contributed by atoms with Crippen molar-refractivity contribution >= 4 is 5.78 Å². The van der Waals surface area contributed by atoms with Crippen molar-refractivity contribution in [2.75, 3.05) is 0 Å². The zero-order chi connectivity index (χ0) is 13.5. The molecule has 0 fully saturated rings. The van der Waals surface area contributed by atoms with Gasteiger partial charge in [0.25, 0.3) is 0 Å². The molecule has 0 saturated heterocycles. The third kappa shape index (κ3) is 4.24. The average molecular weight is 250 g/mol. The highest BCUT2D eigenvalue weighted by Crippen LogP contribution is 2.13. The van der Waals surface area contributed by atoms with Gasteiger partial charge in [0.15, 0.2) is 5.78 Å². The first-order valence-corrected chi connectivity index (χ1v) is 6.43. The van der Waals surface area contributed by atoms with Gasteiger partial charge in [-0.3, -0.25) is 4.79 Å². The second-order valence-corrected chi connectivity index (χ2v) is 4.61. The van der Waals surface area contributed by atoms with Gasteiger partial charge < -0.3 is 9.84 Å². The second-order valence-electron chi connectivity index (χ2n) is 4.61. The Morgan fingerprint density at radius 2 is 1.89 bits per heavy atom. The largest absolute Gasteiger partial charge is 0.392 e. The van der Waals surface area contributed by atoms with Crippen LogP contribution in [0.4, 0.5) is 0 Å². The van der Waals surface area contributed by atoms with Crippen LogP contribution in [0.25, 0.3) is 0 Å². The number of benzene rings is 1. The fraction of sp³-hybridized carbons (Fsp3) is 0.533. The van der Waals surface area contributed by atoms with Crippen LogP contribution in [-0.2, 0) is 16.1 Å². The van der Waals surface area contributed by atoms with E-state index >= 15 is 0 Å². The van der Waals surface area contributed by atoms with Gasteiger partial charge in [-0.2, -0.15) is 0 Å². The highest BCUT2D eigenvalue weighted by molar-refractivity contribution is 5.85. The number of ketones is 1. The molecule has 18 heavy (non-hydrogen) atoms. The van der Waals surface area contributed by atoms with E-state index in [4.69, 9.17) is 4.74 Å². The maximum absolute atomic E-state index is 12.0. The Labute approximate surface area is 109 Å². The van der Waals surface area contributed by atoms with Crippen LogP contribution in [-0.4, -0.2) is 23.1 Å². The number of Topliss-reactive ketones (excluding diaryl/α,β-unsaturated/α-hetero) is 1. The number of hydrogen-bond donors (Lipinski definition) is 1. The Balaban J connectivity index is 2.45. The van der Waals surface area contributed by atoms with E-state index in [0.29, 0.717) is 13.0 Å². The second kappa shape index (κ2) is 7.29. The van der Waals surface area contributed by atoms with E-state index in [-0.39, 0.29) is 11.7 Å². The number of aliphatic hydroxyl groups excluding tert-OH is 1. The minimum atomic E-state index is -0.583. The van der Waals surface area contributed by atoms with E-state index in [1.165, 1.54) is 0 Å². The maximum atomic E-state index is 12.0. The Hall–Kier alpha value is -1.19. The van der Waals surface area contributed by atoms with Crippen LogP contribution in [0, 0.1) is 5.92 Å². The van der Waals surface area contributed by atoms with Crippen molar-refractivity contribution in [3.05, 3.63) is 35.9 Å². The minimum absolute atomic E-state index is 0.0414. The SMILES string of the molecule is CC[C@@H](O)[C@H](C)C(=O)[C@H](C)OCc1ccccc1. The summed E-state index contributed by atoms with van der Waals surface area (Å²) in [6, 6.07) is 9.74. The zero-order valence-corrected chi connectivity index (χ0v) is 11.3. The predicted octanol–water partition coefficient (Wildman–Crippen LogP) is 2.57. The number of ether oxygens (including phenoxy) is 1. The summed E-state index contributed by atoms with van der Waals surface area (Å²) >= 11 is 0. The smallest absolute Gasteiger partial charge is 0.166 e. The highest BCUT2D eigenvalue weighted by atomic mass is 16.5. The first kappa shape index (κ1) is 14.9. The third-order valence-electron chi connectivity index (χ3n) is 3.19. The lowest BCUT2D eigenvalue weighted by molar-refractivity contribution is -0.137. The van der Waals surface area contributed by atoms with Gasteiger partial charge in [0.1, 0.15) is 6.10 Å². The number of carbonyl (C=O) groups is 1. The third-order valence-corrected chi connectivity index (χ3v) is 3.19. The molecule has 0 aliphatic heterocycles. The molecule has 1 aromatic rings. The number of aliphatic hydroxyl groups is 1. The summed E-state index contributed by atoms with van der Waals surface area (Å²) < 4.78 is 5.54. The molecule has 0 saturated carbocycles. The molecule has 0 bridgehead atoms. The van der Waals surface area contributed by atoms with Gasteiger partial charge in [0.05, 0.1) is 12.7 Å². The average Bonchev–Trinajstić information content (AvgIpc) is 2.43. The summed E-state index contributed by atoms with van der Waals surface area (Å²) in [5.41, 5.74) is 1.04. The molecule has 1 N–H and O–H groups in total. The van der Waals surface area contributed by atoms with Crippen LogP contribution in [0.5, 0.6) is 0 Å². The van der Waals surface area contributed by atoms with Crippen LogP contribution in [0.2, 0.25) is 0 Å². The van der Waals surface area contributed by atoms with E-state index in [9.17, 15) is 9.90 Å². The van der Waals surface area contributed by atoms with Crippen molar-refractivity contribution in [1.82, 2.24) is 0 Å². The van der Waals surface area contributed by atoms with Crippen molar-refractivity contribution in [1.29, 1.82) is 0 Å². The first-order valence-electron chi connectivity index (χ1n) is 6.43. The van der Waals surface area contributed by atoms with Crippen molar-refractivity contribution in [2.24, 2.45) is 5.92 Å². The topological polar surface area (TPSA) is 46.5 Å². The molecule has 0 unspecified atom stereocenters. The van der Waals surface area contributed by atoms with E-state index in [1.807, 2.05) is 37.3 Å². The van der Waals surface area contributed by atoms with Gasteiger partial charge in [0.2, 0.25) is 0 Å². The molecule has 1 aromatic carbocycles. The van der Waals surface area contributed by atoms with Gasteiger partial charge in [0, 0.05) is 5.92 Å². The van der Waals surface area contributed by atoms with Crippen LogP contribution in [0.1, 0.15) is 32.8 Å². The molecule has 0 amide bonds. The lowest BCUT2D eigenvalue weighted by atomic mass is 9.95. The van der Waals surface area contributed by atoms with Crippen molar-refractivity contribution in [2.45, 2.75) is 46.0 Å². The molecule has 1 rings (SSSR count). The summed E-state index contributed by atoms with van der Waals surface area (Å²) in [5, 5.41) is 9.65. The Morgan fingerprint density at radius 3 is 2.44 bits per heavy atom. The lowest BCUT2D eigenvalue weighted by Gasteiger charge is -2.20. The van der Waals surface area contributed by atoms with Crippen LogP contribution in [0.15, 0.2) is 30.3 Å². The van der Waals surface area contributed by atoms with Gasteiger partial charge in [-0.15, -0.1) is 0 Å². The molecular weight excluding hydrogens is 228 g/mol. The maximum Gasteiger partial charge on any atom is 0.166 e. The lowest BCUT2D eigenvalue weighted by Crippen LogP contribution is -2.33. The van der Waals surface area contributed by atoms with Crippen LogP contribution < -0.4 is 0 Å². The minimum Gasteiger partial charge on any atom is -0.392 e. The fourth-order valence-electron chi connectivity index (χ4n) is 1.79. The number of hydrogen-bond acceptors (Lipinski definition) is 3. The van der Waals surface area contributed by atoms with Crippen molar-refractivity contribution < 1.29 is 14.6 Å². The Kier molecular flexibility index (Phi) is 6.02. The van der Waals surface area contributed by atoms with E-state index in [0.717, 1.165) is 5.56 Å². The van der Waals surface area contributed by atoms with Crippen LogP contribution in [0.3, 0.4) is 0 Å².